The first kappa shape index (κ1) is 26.2. The van der Waals surface area contributed by atoms with Gasteiger partial charge in [-0.2, -0.15) is 0 Å². The van der Waals surface area contributed by atoms with E-state index in [2.05, 4.69) is 48.4 Å². The van der Waals surface area contributed by atoms with Crippen LogP contribution in [0.15, 0.2) is 82.2 Å². The van der Waals surface area contributed by atoms with Gasteiger partial charge in [-0.25, -0.2) is 9.98 Å². The highest BCUT2D eigenvalue weighted by Gasteiger charge is 2.18. The molecule has 2 aromatic heterocycles. The summed E-state index contributed by atoms with van der Waals surface area (Å²) in [4.78, 5) is 24.0. The lowest BCUT2D eigenvalue weighted by Gasteiger charge is -2.08. The zero-order valence-electron chi connectivity index (χ0n) is 22.4. The molecule has 3 aromatic carbocycles. The van der Waals surface area contributed by atoms with Crippen molar-refractivity contribution < 1.29 is 18.7 Å². The van der Waals surface area contributed by atoms with Crippen LogP contribution in [0.2, 0.25) is 0 Å². The number of hydrogen-bond acceptors (Lipinski definition) is 7. The van der Waals surface area contributed by atoms with E-state index >= 15 is 0 Å². The summed E-state index contributed by atoms with van der Waals surface area (Å²) in [5, 5.41) is 4.17. The Labute approximate surface area is 230 Å². The molecular weight excluding hydrogens is 510 g/mol. The minimum atomic E-state index is -0.374. The standard InChI is InChI=1S/C31H29N3O4S/c1-18(2)20-12-14-21(15-13-20)27-19(3)39-31(33-27)34-29(35)25-16-22-8-6-11-26(37-5)28(22)38-30(25)32-23-9-7-10-24(17-23)36-4/h6-18H,1-5H3,(H,33,34,35). The van der Waals surface area contributed by atoms with E-state index < -0.39 is 0 Å². The molecule has 0 saturated carbocycles. The molecule has 0 bridgehead atoms. The average molecular weight is 540 g/mol. The highest BCUT2D eigenvalue weighted by Crippen LogP contribution is 2.32. The number of carbonyl (C=O) groups is 1. The van der Waals surface area contributed by atoms with Crippen molar-refractivity contribution in [1.29, 1.82) is 0 Å². The van der Waals surface area contributed by atoms with E-state index in [1.165, 1.54) is 16.9 Å². The summed E-state index contributed by atoms with van der Waals surface area (Å²) < 4.78 is 17.0. The van der Waals surface area contributed by atoms with E-state index in [0.29, 0.717) is 39.2 Å². The molecule has 198 valence electrons. The van der Waals surface area contributed by atoms with Gasteiger partial charge < -0.3 is 13.9 Å². The van der Waals surface area contributed by atoms with Crippen molar-refractivity contribution in [3.05, 3.63) is 94.4 Å². The Morgan fingerprint density at radius 1 is 1.00 bits per heavy atom. The van der Waals surface area contributed by atoms with Gasteiger partial charge in [0, 0.05) is 21.9 Å². The second kappa shape index (κ2) is 11.1. The van der Waals surface area contributed by atoms with Crippen molar-refractivity contribution in [3.8, 4) is 22.8 Å². The smallest absolute Gasteiger partial charge is 0.262 e. The fraction of sp³-hybridized carbons (Fsp3) is 0.194. The second-order valence-corrected chi connectivity index (χ2v) is 10.5. The molecule has 1 N–H and O–H groups in total. The maximum Gasteiger partial charge on any atom is 0.262 e. The number of anilines is 1. The predicted octanol–water partition coefficient (Wildman–Crippen LogP) is 7.49. The van der Waals surface area contributed by atoms with E-state index in [1.807, 2.05) is 37.3 Å². The number of carbonyl (C=O) groups excluding carboxylic acids is 1. The predicted molar refractivity (Wildman–Crippen MR) is 155 cm³/mol. The third-order valence-corrected chi connectivity index (χ3v) is 7.24. The van der Waals surface area contributed by atoms with Crippen molar-refractivity contribution in [3.63, 3.8) is 0 Å². The van der Waals surface area contributed by atoms with E-state index in [-0.39, 0.29) is 17.0 Å². The van der Waals surface area contributed by atoms with Crippen molar-refractivity contribution in [2.45, 2.75) is 26.7 Å². The zero-order chi connectivity index (χ0) is 27.5. The first-order valence-electron chi connectivity index (χ1n) is 12.5. The van der Waals surface area contributed by atoms with Crippen molar-refractivity contribution >= 4 is 39.0 Å². The normalized spacial score (nSPS) is 11.7. The Bertz CT molecular complexity index is 1720. The summed E-state index contributed by atoms with van der Waals surface area (Å²) in [6, 6.07) is 22.9. The zero-order valence-corrected chi connectivity index (χ0v) is 23.3. The highest BCUT2D eigenvalue weighted by atomic mass is 32.1. The van der Waals surface area contributed by atoms with Gasteiger partial charge in [-0.1, -0.05) is 56.3 Å². The molecule has 0 saturated heterocycles. The maximum absolute atomic E-state index is 13.6. The van der Waals surface area contributed by atoms with E-state index in [9.17, 15) is 4.79 Å². The number of nitrogens with one attached hydrogen (secondary N) is 1. The molecule has 0 aliphatic heterocycles. The van der Waals surface area contributed by atoms with Gasteiger partial charge in [0.2, 0.25) is 5.55 Å². The highest BCUT2D eigenvalue weighted by molar-refractivity contribution is 7.16. The lowest BCUT2D eigenvalue weighted by Crippen LogP contribution is -2.21. The van der Waals surface area contributed by atoms with Gasteiger partial charge in [0.1, 0.15) is 11.3 Å². The molecule has 5 aromatic rings. The lowest BCUT2D eigenvalue weighted by molar-refractivity contribution is 0.102. The quantitative estimate of drug-likeness (QED) is 0.232. The number of rotatable bonds is 7. The summed E-state index contributed by atoms with van der Waals surface area (Å²) in [6.45, 7) is 6.33. The van der Waals surface area contributed by atoms with Gasteiger partial charge in [-0.15, -0.1) is 11.3 Å². The Balaban J connectivity index is 1.54. The fourth-order valence-electron chi connectivity index (χ4n) is 4.24. The minimum absolute atomic E-state index is 0.149. The first-order valence-corrected chi connectivity index (χ1v) is 13.4. The Hall–Kier alpha value is -4.43. The number of methoxy groups -OCH3 is 2. The van der Waals surface area contributed by atoms with Crippen LogP contribution in [0.5, 0.6) is 11.5 Å². The first-order chi connectivity index (χ1) is 18.9. The number of ether oxygens (including phenoxy) is 2. The molecule has 8 heteroatoms. The summed E-state index contributed by atoms with van der Waals surface area (Å²) in [6.07, 6.45) is 0. The Kier molecular flexibility index (Phi) is 7.47. The SMILES string of the molecule is COc1cccc(N=c2oc3c(OC)cccc3cc2C(=O)Nc2nc(-c3ccc(C(C)C)cc3)c(C)s2)c1. The number of nitrogens with zero attached hydrogens (tertiary/aromatic N) is 2. The number of amides is 1. The van der Waals surface area contributed by atoms with Crippen LogP contribution in [0, 0.1) is 6.92 Å². The Morgan fingerprint density at radius 2 is 1.77 bits per heavy atom. The molecule has 0 fully saturated rings. The molecule has 7 nitrogen and oxygen atoms in total. The second-order valence-electron chi connectivity index (χ2n) is 9.31. The van der Waals surface area contributed by atoms with Crippen LogP contribution in [0.1, 0.15) is 40.6 Å². The summed E-state index contributed by atoms with van der Waals surface area (Å²) in [5.41, 5.74) is 4.62. The molecular formula is C31H29N3O4S. The number of para-hydroxylation sites is 1. The van der Waals surface area contributed by atoms with Gasteiger partial charge in [0.25, 0.3) is 5.91 Å². The number of hydrogen-bond donors (Lipinski definition) is 1. The minimum Gasteiger partial charge on any atom is -0.497 e. The van der Waals surface area contributed by atoms with E-state index in [1.54, 1.807) is 32.4 Å². The van der Waals surface area contributed by atoms with Crippen molar-refractivity contribution in [2.24, 2.45) is 4.99 Å². The van der Waals surface area contributed by atoms with Gasteiger partial charge in [0.15, 0.2) is 16.5 Å². The average Bonchev–Trinajstić information content (AvgIpc) is 3.31. The number of aryl methyl sites for hydroxylation is 1. The lowest BCUT2D eigenvalue weighted by atomic mass is 10.0. The third kappa shape index (κ3) is 5.56. The summed E-state index contributed by atoms with van der Waals surface area (Å²) >= 11 is 1.43. The summed E-state index contributed by atoms with van der Waals surface area (Å²) in [5.74, 6) is 1.27. The molecule has 0 aliphatic carbocycles. The number of aromatic nitrogens is 1. The van der Waals surface area contributed by atoms with Crippen LogP contribution in [-0.2, 0) is 0 Å². The molecule has 5 rings (SSSR count). The molecule has 0 spiro atoms. The molecule has 39 heavy (non-hydrogen) atoms. The Morgan fingerprint density at radius 3 is 2.49 bits per heavy atom. The molecule has 0 radical (unpaired) electrons. The monoisotopic (exact) mass is 539 g/mol. The van der Waals surface area contributed by atoms with Crippen molar-refractivity contribution in [2.75, 3.05) is 19.5 Å². The van der Waals surface area contributed by atoms with Crippen LogP contribution in [0.25, 0.3) is 22.2 Å². The molecule has 0 unspecified atom stereocenters. The molecule has 2 heterocycles. The molecule has 0 atom stereocenters. The van der Waals surface area contributed by atoms with Crippen LogP contribution in [-0.4, -0.2) is 25.1 Å². The van der Waals surface area contributed by atoms with Gasteiger partial charge in [-0.3, -0.25) is 10.1 Å². The number of benzene rings is 3. The number of fused-ring (bicyclic) bond motifs is 1. The van der Waals surface area contributed by atoms with Gasteiger partial charge in [-0.05, 0) is 42.7 Å². The number of thiazole rings is 1. The van der Waals surface area contributed by atoms with Crippen molar-refractivity contribution in [1.82, 2.24) is 4.98 Å². The molecule has 0 aliphatic rings. The van der Waals surface area contributed by atoms with Crippen LogP contribution >= 0.6 is 11.3 Å². The van der Waals surface area contributed by atoms with E-state index in [0.717, 1.165) is 16.1 Å². The van der Waals surface area contributed by atoms with Crippen LogP contribution in [0.4, 0.5) is 10.8 Å². The maximum atomic E-state index is 13.6. The van der Waals surface area contributed by atoms with Crippen LogP contribution in [0.3, 0.4) is 0 Å². The summed E-state index contributed by atoms with van der Waals surface area (Å²) in [7, 11) is 3.16. The fourth-order valence-corrected chi connectivity index (χ4v) is 5.07. The van der Waals surface area contributed by atoms with E-state index in [4.69, 9.17) is 18.9 Å². The van der Waals surface area contributed by atoms with Gasteiger partial charge >= 0.3 is 0 Å². The van der Waals surface area contributed by atoms with Gasteiger partial charge in [0.05, 0.1) is 25.6 Å². The third-order valence-electron chi connectivity index (χ3n) is 6.35. The van der Waals surface area contributed by atoms with Crippen LogP contribution < -0.4 is 20.3 Å². The largest absolute Gasteiger partial charge is 0.497 e. The molecule has 1 amide bonds. The topological polar surface area (TPSA) is 86.0 Å².